The molecular formula is C14H20N2O4S. The highest BCUT2D eigenvalue weighted by Gasteiger charge is 2.38. The second kappa shape index (κ2) is 6.55. The molecule has 1 fully saturated rings. The molecule has 7 heteroatoms. The molecule has 1 aliphatic heterocycles. The predicted molar refractivity (Wildman–Crippen MR) is 78.4 cm³/mol. The van der Waals surface area contributed by atoms with Gasteiger partial charge >= 0.3 is 5.97 Å². The van der Waals surface area contributed by atoms with Crippen molar-refractivity contribution in [3.05, 3.63) is 29.8 Å². The molecule has 1 heterocycles. The number of rotatable bonds is 4. The molecule has 116 valence electrons. The zero-order chi connectivity index (χ0) is 15.5. The number of piperazine rings is 1. The maximum Gasteiger partial charge on any atom is 0.325 e. The molecule has 21 heavy (non-hydrogen) atoms. The molecule has 1 unspecified atom stereocenters. The number of hydrogen-bond donors (Lipinski definition) is 1. The molecule has 0 aromatic heterocycles. The number of ether oxygens (including phenoxy) is 1. The number of nitrogens with zero attached hydrogens (tertiary/aromatic N) is 1. The van der Waals surface area contributed by atoms with Gasteiger partial charge in [0.1, 0.15) is 6.04 Å². The van der Waals surface area contributed by atoms with Gasteiger partial charge in [-0.25, -0.2) is 8.42 Å². The lowest BCUT2D eigenvalue weighted by atomic mass is 10.2. The van der Waals surface area contributed by atoms with Crippen LogP contribution in [-0.4, -0.2) is 51.0 Å². The molecule has 2 rings (SSSR count). The van der Waals surface area contributed by atoms with Crippen LogP contribution in [0.4, 0.5) is 0 Å². The van der Waals surface area contributed by atoms with Gasteiger partial charge in [0.15, 0.2) is 0 Å². The van der Waals surface area contributed by atoms with E-state index < -0.39 is 22.0 Å². The fourth-order valence-electron chi connectivity index (χ4n) is 2.38. The van der Waals surface area contributed by atoms with Crippen LogP contribution in [0.3, 0.4) is 0 Å². The van der Waals surface area contributed by atoms with E-state index in [1.165, 1.54) is 4.31 Å². The topological polar surface area (TPSA) is 75.7 Å². The Balaban J connectivity index is 2.36. The Morgan fingerprint density at radius 3 is 2.81 bits per heavy atom. The number of carbonyl (C=O) groups excluding carboxylic acids is 1. The van der Waals surface area contributed by atoms with E-state index in [9.17, 15) is 13.2 Å². The van der Waals surface area contributed by atoms with Crippen molar-refractivity contribution in [1.29, 1.82) is 0 Å². The molecule has 6 nitrogen and oxygen atoms in total. The SMILES string of the molecule is CCOC(=O)C1CNCCN1S(=O)(=O)c1ccccc1C. The van der Waals surface area contributed by atoms with Gasteiger partial charge in [-0.1, -0.05) is 18.2 Å². The summed E-state index contributed by atoms with van der Waals surface area (Å²) in [6.07, 6.45) is 0. The van der Waals surface area contributed by atoms with Crippen molar-refractivity contribution in [1.82, 2.24) is 9.62 Å². The second-order valence-corrected chi connectivity index (χ2v) is 6.71. The van der Waals surface area contributed by atoms with E-state index in [2.05, 4.69) is 5.32 Å². The monoisotopic (exact) mass is 312 g/mol. The highest BCUT2D eigenvalue weighted by Crippen LogP contribution is 2.22. The van der Waals surface area contributed by atoms with Crippen LogP contribution in [0.1, 0.15) is 12.5 Å². The first-order valence-electron chi connectivity index (χ1n) is 6.93. The minimum atomic E-state index is -3.71. The lowest BCUT2D eigenvalue weighted by molar-refractivity contribution is -0.148. The molecule has 0 spiro atoms. The van der Waals surface area contributed by atoms with E-state index in [-0.39, 0.29) is 24.6 Å². The third-order valence-electron chi connectivity index (χ3n) is 3.43. The molecule has 1 aromatic rings. The minimum Gasteiger partial charge on any atom is -0.465 e. The third-order valence-corrected chi connectivity index (χ3v) is 5.50. The van der Waals surface area contributed by atoms with Gasteiger partial charge in [0.05, 0.1) is 11.5 Å². The number of esters is 1. The summed E-state index contributed by atoms with van der Waals surface area (Å²) in [6, 6.07) is 5.96. The van der Waals surface area contributed by atoms with Crippen LogP contribution in [0, 0.1) is 6.92 Å². The Kier molecular flexibility index (Phi) is 4.97. The Morgan fingerprint density at radius 2 is 2.14 bits per heavy atom. The van der Waals surface area contributed by atoms with Crippen molar-refractivity contribution in [3.8, 4) is 0 Å². The van der Waals surface area contributed by atoms with E-state index in [1.54, 1.807) is 38.1 Å². The molecule has 0 saturated carbocycles. The minimum absolute atomic E-state index is 0.230. The molecule has 0 radical (unpaired) electrons. The Morgan fingerprint density at radius 1 is 1.43 bits per heavy atom. The van der Waals surface area contributed by atoms with Crippen molar-refractivity contribution in [3.63, 3.8) is 0 Å². The van der Waals surface area contributed by atoms with Crippen molar-refractivity contribution in [2.45, 2.75) is 24.8 Å². The number of aryl methyl sites for hydroxylation is 1. The first-order chi connectivity index (χ1) is 9.98. The van der Waals surface area contributed by atoms with Crippen LogP contribution in [0.15, 0.2) is 29.2 Å². The number of hydrogen-bond acceptors (Lipinski definition) is 5. The number of benzene rings is 1. The highest BCUT2D eigenvalue weighted by molar-refractivity contribution is 7.89. The van der Waals surface area contributed by atoms with Crippen LogP contribution >= 0.6 is 0 Å². The lowest BCUT2D eigenvalue weighted by Gasteiger charge is -2.33. The zero-order valence-electron chi connectivity index (χ0n) is 12.2. The molecule has 1 aromatic carbocycles. The van der Waals surface area contributed by atoms with Crippen LogP contribution in [-0.2, 0) is 19.6 Å². The van der Waals surface area contributed by atoms with E-state index in [0.717, 1.165) is 0 Å². The summed E-state index contributed by atoms with van der Waals surface area (Å²) in [5.41, 5.74) is 0.665. The summed E-state index contributed by atoms with van der Waals surface area (Å²) in [5.74, 6) is -0.512. The first-order valence-corrected chi connectivity index (χ1v) is 8.37. The normalized spacial score (nSPS) is 20.2. The Bertz CT molecular complexity index is 615. The summed E-state index contributed by atoms with van der Waals surface area (Å²) in [6.45, 7) is 4.71. The van der Waals surface area contributed by atoms with E-state index >= 15 is 0 Å². The van der Waals surface area contributed by atoms with E-state index in [0.29, 0.717) is 12.1 Å². The van der Waals surface area contributed by atoms with Gasteiger partial charge in [-0.05, 0) is 25.5 Å². The lowest BCUT2D eigenvalue weighted by Crippen LogP contribution is -2.57. The van der Waals surface area contributed by atoms with Crippen molar-refractivity contribution >= 4 is 16.0 Å². The summed E-state index contributed by atoms with van der Waals surface area (Å²) in [7, 11) is -3.71. The number of sulfonamides is 1. The highest BCUT2D eigenvalue weighted by atomic mass is 32.2. The van der Waals surface area contributed by atoms with Crippen LogP contribution in [0.25, 0.3) is 0 Å². The smallest absolute Gasteiger partial charge is 0.325 e. The maximum atomic E-state index is 12.8. The van der Waals surface area contributed by atoms with Crippen molar-refractivity contribution in [2.24, 2.45) is 0 Å². The fourth-order valence-corrected chi connectivity index (χ4v) is 4.19. The summed E-state index contributed by atoms with van der Waals surface area (Å²) in [4.78, 5) is 12.2. The van der Waals surface area contributed by atoms with Gasteiger partial charge in [0.25, 0.3) is 0 Å². The summed E-state index contributed by atoms with van der Waals surface area (Å²) >= 11 is 0. The van der Waals surface area contributed by atoms with Gasteiger partial charge in [-0.15, -0.1) is 0 Å². The first kappa shape index (κ1) is 15.9. The number of nitrogens with one attached hydrogen (secondary N) is 1. The van der Waals surface area contributed by atoms with Gasteiger partial charge < -0.3 is 10.1 Å². The number of carbonyl (C=O) groups is 1. The van der Waals surface area contributed by atoms with Gasteiger partial charge in [-0.3, -0.25) is 4.79 Å². The van der Waals surface area contributed by atoms with Crippen LogP contribution in [0.5, 0.6) is 0 Å². The van der Waals surface area contributed by atoms with Crippen molar-refractivity contribution < 1.29 is 17.9 Å². The molecule has 1 N–H and O–H groups in total. The van der Waals surface area contributed by atoms with E-state index in [4.69, 9.17) is 4.74 Å². The van der Waals surface area contributed by atoms with Crippen LogP contribution < -0.4 is 5.32 Å². The molecule has 1 atom stereocenters. The quantitative estimate of drug-likeness (QED) is 0.820. The molecule has 1 saturated heterocycles. The van der Waals surface area contributed by atoms with Crippen molar-refractivity contribution in [2.75, 3.05) is 26.2 Å². The Labute approximate surface area is 125 Å². The Hall–Kier alpha value is -1.44. The second-order valence-electron chi connectivity index (χ2n) is 4.85. The summed E-state index contributed by atoms with van der Waals surface area (Å²) < 4.78 is 31.9. The molecule has 0 aliphatic carbocycles. The molecule has 1 aliphatic rings. The fraction of sp³-hybridized carbons (Fsp3) is 0.500. The predicted octanol–water partition coefficient (Wildman–Crippen LogP) is 0.521. The molecule has 0 bridgehead atoms. The average Bonchev–Trinajstić information content (AvgIpc) is 2.48. The third kappa shape index (κ3) is 3.25. The van der Waals surface area contributed by atoms with E-state index in [1.807, 2.05) is 0 Å². The van der Waals surface area contributed by atoms with Gasteiger partial charge in [-0.2, -0.15) is 4.31 Å². The van der Waals surface area contributed by atoms with Gasteiger partial charge in [0.2, 0.25) is 10.0 Å². The van der Waals surface area contributed by atoms with Crippen LogP contribution in [0.2, 0.25) is 0 Å². The standard InChI is InChI=1S/C14H20N2O4S/c1-3-20-14(17)12-10-15-8-9-16(12)21(18,19)13-7-5-4-6-11(13)2/h4-7,12,15H,3,8-10H2,1-2H3. The molecule has 0 amide bonds. The zero-order valence-corrected chi connectivity index (χ0v) is 13.0. The maximum absolute atomic E-state index is 12.8. The average molecular weight is 312 g/mol. The molecular weight excluding hydrogens is 292 g/mol. The largest absolute Gasteiger partial charge is 0.465 e. The van der Waals surface area contributed by atoms with Gasteiger partial charge in [0, 0.05) is 19.6 Å². The summed E-state index contributed by atoms with van der Waals surface area (Å²) in [5, 5.41) is 3.04.